The van der Waals surface area contributed by atoms with Crippen LogP contribution in [0.1, 0.15) is 84.9 Å². The van der Waals surface area contributed by atoms with Crippen molar-refractivity contribution in [2.75, 3.05) is 0 Å². The minimum atomic E-state index is -0.440. The van der Waals surface area contributed by atoms with E-state index in [1.54, 1.807) is 0 Å². The van der Waals surface area contributed by atoms with Crippen LogP contribution in [0.3, 0.4) is 0 Å². The molecule has 0 unspecified atom stereocenters. The van der Waals surface area contributed by atoms with Gasteiger partial charge in [0.25, 0.3) is 6.33 Å². The van der Waals surface area contributed by atoms with Gasteiger partial charge in [0.2, 0.25) is 0 Å². The standard InChI is InChI=1S/C66H54N4O.Pt/c1-64(2,3)43-32-35-67-61(36-43)70-58-28-14-13-24-50(58)51-31-30-46(38-60(51)70)71-45-21-15-20-44(37-45)68-41-69-62-47(42-18-9-8-10-19-42)25-16-26-53(62)55-40-57-56(65(4,5)33-34-66(57,6)7)39-54(55)49-23-12-11-22-48(49)52-27-17-29-59(68)63(52)69;/h8-32,35-36,39-40H,33-34H2,1-7H3;/q-2;/i8D,9D,10D,18D,19D;. The van der Waals surface area contributed by atoms with Gasteiger partial charge in [0.1, 0.15) is 5.82 Å². The molecule has 1 aliphatic heterocycles. The van der Waals surface area contributed by atoms with Crippen LogP contribution in [0, 0.1) is 18.5 Å². The Balaban J connectivity index is 0.00000596. The fourth-order valence-corrected chi connectivity index (χ4v) is 11.2. The second-order valence-electron chi connectivity index (χ2n) is 21.5. The van der Waals surface area contributed by atoms with Gasteiger partial charge in [-0.1, -0.05) is 169 Å². The average Bonchev–Trinajstić information content (AvgIpc) is 4.20. The minimum absolute atomic E-state index is 0. The van der Waals surface area contributed by atoms with Gasteiger partial charge in [-0.3, -0.25) is 4.57 Å². The molecule has 0 atom stereocenters. The van der Waals surface area contributed by atoms with E-state index in [0.717, 1.165) is 84.9 Å². The Labute approximate surface area is 443 Å². The van der Waals surface area contributed by atoms with Crippen LogP contribution in [0.2, 0.25) is 0 Å². The van der Waals surface area contributed by atoms with Crippen molar-refractivity contribution >= 4 is 32.8 Å². The smallest absolute Gasteiger partial charge is 0.268 e. The third kappa shape index (κ3) is 7.30. The molecule has 0 radical (unpaired) electrons. The predicted octanol–water partition coefficient (Wildman–Crippen LogP) is 16.2. The van der Waals surface area contributed by atoms with Gasteiger partial charge in [0.15, 0.2) is 0 Å². The SMILES string of the molecule is [2H]c1c([2H])c([2H])c(-c2cccc3c2-[n+]2[c-]n(-c4[c-]c(Oc5[c-]c6c(cc5)c5ccccc5n6-c5cc(C(C)(C)C)ccn5)ccc4)c4cccc(c42)-c2ccccc2-c2cc4c(cc2-3)C(C)(C)CCC4(C)C)c([2H])c1[2H].[Pt]. The predicted molar refractivity (Wildman–Crippen MR) is 289 cm³/mol. The van der Waals surface area contributed by atoms with Crippen molar-refractivity contribution in [2.45, 2.75) is 77.6 Å². The first kappa shape index (κ1) is 40.3. The number of benzene rings is 8. The Morgan fingerprint density at radius 1 is 0.611 bits per heavy atom. The van der Waals surface area contributed by atoms with Gasteiger partial charge in [-0.15, -0.1) is 29.7 Å². The Morgan fingerprint density at radius 2 is 1.24 bits per heavy atom. The van der Waals surface area contributed by atoms with Gasteiger partial charge in [-0.05, 0) is 126 Å². The molecule has 5 nitrogen and oxygen atoms in total. The van der Waals surface area contributed by atoms with Crippen molar-refractivity contribution < 1.29 is 37.2 Å². The van der Waals surface area contributed by atoms with E-state index in [1.807, 2.05) is 57.8 Å². The van der Waals surface area contributed by atoms with Gasteiger partial charge in [0.05, 0.1) is 23.6 Å². The van der Waals surface area contributed by atoms with Crippen molar-refractivity contribution in [2.24, 2.45) is 0 Å². The summed E-state index contributed by atoms with van der Waals surface area (Å²) in [7, 11) is 0. The molecule has 8 aromatic carbocycles. The van der Waals surface area contributed by atoms with Crippen LogP contribution in [0.4, 0.5) is 0 Å². The molecule has 0 N–H and O–H groups in total. The third-order valence-electron chi connectivity index (χ3n) is 15.1. The number of ether oxygens (including phenoxy) is 1. The van der Waals surface area contributed by atoms with Gasteiger partial charge in [0, 0.05) is 44.3 Å². The molecular formula is C66H54N4OPt-2. The summed E-state index contributed by atoms with van der Waals surface area (Å²) < 4.78 is 58.0. The van der Waals surface area contributed by atoms with Crippen LogP contribution in [0.5, 0.6) is 11.5 Å². The van der Waals surface area contributed by atoms with E-state index in [1.165, 1.54) is 16.7 Å². The Bertz CT molecular complexity index is 4250. The molecule has 0 bridgehead atoms. The third-order valence-corrected chi connectivity index (χ3v) is 15.1. The van der Waals surface area contributed by atoms with Crippen molar-refractivity contribution in [3.05, 3.63) is 211 Å². The van der Waals surface area contributed by atoms with Crippen LogP contribution in [0.25, 0.3) is 94.5 Å². The summed E-state index contributed by atoms with van der Waals surface area (Å²) in [4.78, 5) is 4.87. The van der Waals surface area contributed by atoms with Crippen molar-refractivity contribution in [3.63, 3.8) is 0 Å². The summed E-state index contributed by atoms with van der Waals surface area (Å²) in [6, 6.07) is 53.4. The van der Waals surface area contributed by atoms with Crippen LogP contribution in [-0.4, -0.2) is 14.1 Å². The van der Waals surface area contributed by atoms with Crippen molar-refractivity contribution in [1.29, 1.82) is 0 Å². The number of hydrogen-bond acceptors (Lipinski definition) is 2. The molecule has 0 saturated heterocycles. The molecule has 0 fully saturated rings. The quantitative estimate of drug-likeness (QED) is 0.127. The molecule has 356 valence electrons. The summed E-state index contributed by atoms with van der Waals surface area (Å²) in [5.74, 6) is 1.79. The first-order valence-electron chi connectivity index (χ1n) is 27.0. The zero-order valence-corrected chi connectivity index (χ0v) is 43.6. The van der Waals surface area contributed by atoms with E-state index < -0.39 is 18.1 Å². The summed E-state index contributed by atoms with van der Waals surface area (Å²) >= 11 is 0. The van der Waals surface area contributed by atoms with E-state index in [-0.39, 0.29) is 55.0 Å². The fourth-order valence-electron chi connectivity index (χ4n) is 11.2. The first-order chi connectivity index (χ1) is 36.4. The van der Waals surface area contributed by atoms with Gasteiger partial charge < -0.3 is 13.9 Å². The number of nitrogens with zero attached hydrogens (tertiary/aromatic N) is 4. The number of fused-ring (bicyclic) bond motifs is 11. The summed E-state index contributed by atoms with van der Waals surface area (Å²) in [5.41, 5.74) is 14.9. The van der Waals surface area contributed by atoms with E-state index in [2.05, 4.69) is 169 Å². The first-order valence-corrected chi connectivity index (χ1v) is 24.5. The number of pyridine rings is 1. The number of imidazole rings is 1. The van der Waals surface area contributed by atoms with Crippen molar-refractivity contribution in [3.8, 4) is 73.2 Å². The molecular weight excluding hydrogens is 1060 g/mol. The van der Waals surface area contributed by atoms with Crippen LogP contribution >= 0.6 is 0 Å². The molecule has 11 aromatic rings. The normalized spacial score (nSPS) is 15.3. The van der Waals surface area contributed by atoms with Crippen molar-refractivity contribution in [1.82, 2.24) is 14.1 Å². The number of para-hydroxylation sites is 3. The molecule has 0 spiro atoms. The Kier molecular flexibility index (Phi) is 9.45. The van der Waals surface area contributed by atoms with Crippen LogP contribution < -0.4 is 9.30 Å². The Morgan fingerprint density at radius 3 is 2.00 bits per heavy atom. The average molecular weight is 1120 g/mol. The van der Waals surface area contributed by atoms with Crippen LogP contribution in [-0.2, 0) is 37.3 Å². The monoisotopic (exact) mass is 1120 g/mol. The van der Waals surface area contributed by atoms with E-state index >= 15 is 0 Å². The zero-order valence-electron chi connectivity index (χ0n) is 46.3. The zero-order chi connectivity index (χ0) is 52.7. The molecule has 0 amide bonds. The summed E-state index contributed by atoms with van der Waals surface area (Å²) in [5, 5.41) is 2.12. The van der Waals surface area contributed by atoms with E-state index in [0.29, 0.717) is 28.4 Å². The summed E-state index contributed by atoms with van der Waals surface area (Å²) in [6.45, 7) is 16.0. The second kappa shape index (κ2) is 16.9. The molecule has 2 aliphatic rings. The molecule has 72 heavy (non-hydrogen) atoms. The molecule has 0 saturated carbocycles. The molecule has 13 rings (SSSR count). The van der Waals surface area contributed by atoms with E-state index in [9.17, 15) is 2.74 Å². The number of hydrogen-bond donors (Lipinski definition) is 0. The maximum Gasteiger partial charge on any atom is 0.268 e. The minimum Gasteiger partial charge on any atom is -0.510 e. The summed E-state index contributed by atoms with van der Waals surface area (Å²) in [6.07, 6.45) is 7.74. The van der Waals surface area contributed by atoms with Gasteiger partial charge in [-0.2, -0.15) is 18.2 Å². The Hall–Kier alpha value is -7.33. The maximum absolute atomic E-state index is 9.38. The molecule has 6 heteroatoms. The largest absolute Gasteiger partial charge is 0.510 e. The second-order valence-corrected chi connectivity index (χ2v) is 21.5. The van der Waals surface area contributed by atoms with Gasteiger partial charge in [-0.25, -0.2) is 4.98 Å². The number of aromatic nitrogens is 4. The molecule has 3 aromatic heterocycles. The van der Waals surface area contributed by atoms with Gasteiger partial charge >= 0.3 is 0 Å². The number of rotatable bonds is 5. The van der Waals surface area contributed by atoms with Crippen LogP contribution in [0.15, 0.2) is 176 Å². The van der Waals surface area contributed by atoms with E-state index in [4.69, 9.17) is 13.8 Å². The molecule has 1 aliphatic carbocycles. The topological polar surface area (TPSA) is 35.9 Å². The molecule has 4 heterocycles. The maximum atomic E-state index is 9.38. The fraction of sp³-hybridized carbons (Fsp3) is 0.182.